The summed E-state index contributed by atoms with van der Waals surface area (Å²) in [6.07, 6.45) is 2.32. The van der Waals surface area contributed by atoms with E-state index in [9.17, 15) is 0 Å². The number of benzene rings is 2. The maximum absolute atomic E-state index is 6.46. The van der Waals surface area contributed by atoms with Crippen molar-refractivity contribution in [3.8, 4) is 11.1 Å². The molecule has 22 heavy (non-hydrogen) atoms. The smallest absolute Gasteiger partial charge is 0.0499 e. The Kier molecular flexibility index (Phi) is 3.77. The van der Waals surface area contributed by atoms with Crippen LogP contribution in [-0.2, 0) is 0 Å². The normalized spacial score (nSPS) is 23.4. The third kappa shape index (κ3) is 2.40. The maximum Gasteiger partial charge on any atom is 0.0499 e. The second-order valence-electron chi connectivity index (χ2n) is 6.08. The Bertz CT molecular complexity index is 714. The predicted molar refractivity (Wildman–Crippen MR) is 94.2 cm³/mol. The molecule has 4 rings (SSSR count). The van der Waals surface area contributed by atoms with E-state index in [4.69, 9.17) is 23.2 Å². The molecule has 2 heterocycles. The minimum Gasteiger partial charge on any atom is -0.381 e. The van der Waals surface area contributed by atoms with Crippen molar-refractivity contribution in [3.63, 3.8) is 0 Å². The molecule has 0 bridgehead atoms. The summed E-state index contributed by atoms with van der Waals surface area (Å²) >= 11 is 12.5. The van der Waals surface area contributed by atoms with E-state index in [1.807, 2.05) is 18.2 Å². The first-order valence-electron chi connectivity index (χ1n) is 7.79. The SMILES string of the molecule is Clc1ccc(-c2cccc3c2C2CCNCCC2N3)c(Cl)c1. The first kappa shape index (κ1) is 14.4. The van der Waals surface area contributed by atoms with Crippen LogP contribution in [-0.4, -0.2) is 19.1 Å². The molecule has 0 aliphatic carbocycles. The van der Waals surface area contributed by atoms with Crippen LogP contribution in [0, 0.1) is 0 Å². The van der Waals surface area contributed by atoms with Crippen molar-refractivity contribution in [1.29, 1.82) is 0 Å². The number of anilines is 1. The van der Waals surface area contributed by atoms with Crippen molar-refractivity contribution >= 4 is 28.9 Å². The monoisotopic (exact) mass is 332 g/mol. The summed E-state index contributed by atoms with van der Waals surface area (Å²) in [6, 6.07) is 12.8. The van der Waals surface area contributed by atoms with Crippen LogP contribution in [0.2, 0.25) is 10.0 Å². The molecular weight excluding hydrogens is 315 g/mol. The largest absolute Gasteiger partial charge is 0.381 e. The van der Waals surface area contributed by atoms with Crippen molar-refractivity contribution in [1.82, 2.24) is 5.32 Å². The quantitative estimate of drug-likeness (QED) is 0.774. The molecule has 0 saturated carbocycles. The third-order valence-corrected chi connectivity index (χ3v) is 5.34. The fraction of sp³-hybridized carbons (Fsp3) is 0.333. The summed E-state index contributed by atoms with van der Waals surface area (Å²) in [5, 5.41) is 8.60. The summed E-state index contributed by atoms with van der Waals surface area (Å²) in [4.78, 5) is 0. The van der Waals surface area contributed by atoms with E-state index in [-0.39, 0.29) is 0 Å². The third-order valence-electron chi connectivity index (χ3n) is 4.79. The molecule has 2 unspecified atom stereocenters. The number of hydrogen-bond acceptors (Lipinski definition) is 2. The van der Waals surface area contributed by atoms with Crippen LogP contribution in [0.5, 0.6) is 0 Å². The van der Waals surface area contributed by atoms with Gasteiger partial charge in [-0.1, -0.05) is 41.4 Å². The molecule has 2 aliphatic rings. The summed E-state index contributed by atoms with van der Waals surface area (Å²) in [5.74, 6) is 0.549. The molecule has 2 aromatic carbocycles. The predicted octanol–water partition coefficient (Wildman–Crippen LogP) is 4.92. The molecule has 2 nitrogen and oxygen atoms in total. The van der Waals surface area contributed by atoms with E-state index in [1.54, 1.807) is 0 Å². The molecular formula is C18H18Cl2N2. The fourth-order valence-corrected chi connectivity index (χ4v) is 4.30. The second-order valence-corrected chi connectivity index (χ2v) is 6.92. The highest BCUT2D eigenvalue weighted by Crippen LogP contribution is 2.46. The molecule has 0 amide bonds. The van der Waals surface area contributed by atoms with Crippen molar-refractivity contribution in [2.24, 2.45) is 0 Å². The van der Waals surface area contributed by atoms with Gasteiger partial charge in [-0.2, -0.15) is 0 Å². The topological polar surface area (TPSA) is 24.1 Å². The van der Waals surface area contributed by atoms with Gasteiger partial charge in [0.05, 0.1) is 0 Å². The van der Waals surface area contributed by atoms with Gasteiger partial charge in [0.25, 0.3) is 0 Å². The molecule has 2 N–H and O–H groups in total. The summed E-state index contributed by atoms with van der Waals surface area (Å²) in [7, 11) is 0. The zero-order valence-corrected chi connectivity index (χ0v) is 13.7. The minimum absolute atomic E-state index is 0.525. The Morgan fingerprint density at radius 3 is 2.68 bits per heavy atom. The van der Waals surface area contributed by atoms with E-state index >= 15 is 0 Å². The van der Waals surface area contributed by atoms with Crippen LogP contribution in [0.15, 0.2) is 36.4 Å². The summed E-state index contributed by atoms with van der Waals surface area (Å²) in [5.41, 5.74) is 4.99. The number of rotatable bonds is 1. The number of fused-ring (bicyclic) bond motifs is 3. The van der Waals surface area contributed by atoms with Crippen molar-refractivity contribution in [2.75, 3.05) is 18.4 Å². The lowest BCUT2D eigenvalue weighted by Crippen LogP contribution is -2.21. The lowest BCUT2D eigenvalue weighted by molar-refractivity contribution is 0.579. The van der Waals surface area contributed by atoms with Gasteiger partial charge in [-0.15, -0.1) is 0 Å². The molecule has 2 aromatic rings. The van der Waals surface area contributed by atoms with Crippen LogP contribution in [0.3, 0.4) is 0 Å². The van der Waals surface area contributed by atoms with E-state index in [2.05, 4.69) is 28.8 Å². The van der Waals surface area contributed by atoms with Gasteiger partial charge in [0.1, 0.15) is 0 Å². The summed E-state index contributed by atoms with van der Waals surface area (Å²) < 4.78 is 0. The molecule has 4 heteroatoms. The standard InChI is InChI=1S/C18H18Cl2N2/c19-11-4-5-12(15(20)10-11)13-2-1-3-17-18(13)14-6-8-21-9-7-16(14)22-17/h1-5,10,14,16,21-22H,6-9H2. The number of hydrogen-bond donors (Lipinski definition) is 2. The van der Waals surface area contributed by atoms with Crippen LogP contribution in [0.1, 0.15) is 24.3 Å². The van der Waals surface area contributed by atoms with Crippen LogP contribution >= 0.6 is 23.2 Å². The molecule has 0 radical (unpaired) electrons. The Morgan fingerprint density at radius 2 is 1.82 bits per heavy atom. The average Bonchev–Trinajstić information content (AvgIpc) is 2.70. The number of halogens is 2. The van der Waals surface area contributed by atoms with Gasteiger partial charge in [0.2, 0.25) is 0 Å². The molecule has 0 spiro atoms. The molecule has 0 aromatic heterocycles. The summed E-state index contributed by atoms with van der Waals surface area (Å²) in [6.45, 7) is 2.16. The van der Waals surface area contributed by atoms with Crippen molar-refractivity contribution < 1.29 is 0 Å². The Hall–Kier alpha value is -1.22. The van der Waals surface area contributed by atoms with Gasteiger partial charge in [0, 0.05) is 33.3 Å². The lowest BCUT2D eigenvalue weighted by Gasteiger charge is -2.18. The van der Waals surface area contributed by atoms with Crippen molar-refractivity contribution in [3.05, 3.63) is 52.0 Å². The highest BCUT2D eigenvalue weighted by atomic mass is 35.5. The lowest BCUT2D eigenvalue weighted by atomic mass is 9.86. The van der Waals surface area contributed by atoms with Gasteiger partial charge in [0.15, 0.2) is 0 Å². The zero-order valence-electron chi connectivity index (χ0n) is 12.2. The highest BCUT2D eigenvalue weighted by molar-refractivity contribution is 6.36. The average molecular weight is 333 g/mol. The van der Waals surface area contributed by atoms with E-state index in [0.717, 1.165) is 36.5 Å². The van der Waals surface area contributed by atoms with Gasteiger partial charge in [-0.25, -0.2) is 0 Å². The Labute approximate surface area is 140 Å². The van der Waals surface area contributed by atoms with Gasteiger partial charge >= 0.3 is 0 Å². The molecule has 114 valence electrons. The van der Waals surface area contributed by atoms with Crippen LogP contribution in [0.25, 0.3) is 11.1 Å². The van der Waals surface area contributed by atoms with Crippen LogP contribution < -0.4 is 10.6 Å². The Balaban J connectivity index is 1.84. The molecule has 1 saturated heterocycles. The number of nitrogens with one attached hydrogen (secondary N) is 2. The minimum atomic E-state index is 0.525. The van der Waals surface area contributed by atoms with E-state index < -0.39 is 0 Å². The maximum atomic E-state index is 6.46. The van der Waals surface area contributed by atoms with Crippen molar-refractivity contribution in [2.45, 2.75) is 24.8 Å². The second kappa shape index (κ2) is 5.77. The van der Waals surface area contributed by atoms with Gasteiger partial charge in [-0.3, -0.25) is 0 Å². The molecule has 2 atom stereocenters. The van der Waals surface area contributed by atoms with Crippen LogP contribution in [0.4, 0.5) is 5.69 Å². The fourth-order valence-electron chi connectivity index (χ4n) is 3.79. The highest BCUT2D eigenvalue weighted by Gasteiger charge is 2.34. The first-order valence-corrected chi connectivity index (χ1v) is 8.55. The Morgan fingerprint density at radius 1 is 0.955 bits per heavy atom. The molecule has 2 aliphatic heterocycles. The van der Waals surface area contributed by atoms with E-state index in [1.165, 1.54) is 16.8 Å². The first-order chi connectivity index (χ1) is 10.7. The van der Waals surface area contributed by atoms with E-state index in [0.29, 0.717) is 17.0 Å². The van der Waals surface area contributed by atoms with Gasteiger partial charge < -0.3 is 10.6 Å². The molecule has 1 fully saturated rings. The van der Waals surface area contributed by atoms with Gasteiger partial charge in [-0.05, 0) is 55.3 Å². The zero-order chi connectivity index (χ0) is 15.1.